The quantitative estimate of drug-likeness (QED) is 0.403. The Morgan fingerprint density at radius 2 is 1.57 bits per heavy atom. The first-order chi connectivity index (χ1) is 13.4. The molecule has 3 aromatic rings. The highest BCUT2D eigenvalue weighted by Gasteiger charge is 2.25. The van der Waals surface area contributed by atoms with E-state index in [1.165, 1.54) is 6.07 Å². The van der Waals surface area contributed by atoms with Gasteiger partial charge in [0.25, 0.3) is 11.7 Å². The Labute approximate surface area is 166 Å². The van der Waals surface area contributed by atoms with Gasteiger partial charge in [0, 0.05) is 0 Å². The number of ketones is 1. The molecule has 0 bridgehead atoms. The van der Waals surface area contributed by atoms with Crippen molar-refractivity contribution >= 4 is 29.2 Å². The van der Waals surface area contributed by atoms with E-state index in [4.69, 9.17) is 11.6 Å². The minimum absolute atomic E-state index is 0.182. The normalized spacial score (nSPS) is 10.4. The van der Waals surface area contributed by atoms with Crippen LogP contribution in [0.25, 0.3) is 5.69 Å². The molecule has 1 heterocycles. The lowest BCUT2D eigenvalue weighted by Gasteiger charge is -2.08. The molecule has 28 heavy (non-hydrogen) atoms. The van der Waals surface area contributed by atoms with E-state index in [1.807, 2.05) is 30.3 Å². The third-order valence-electron chi connectivity index (χ3n) is 4.13. The number of carbonyl (C=O) groups excluding carboxylic acids is 3. The smallest absolute Gasteiger partial charge is 0.283 e. The number of hydrogen-bond donors (Lipinski definition) is 2. The predicted octanol–water partition coefficient (Wildman–Crippen LogP) is 2.79. The fourth-order valence-corrected chi connectivity index (χ4v) is 3.01. The lowest BCUT2D eigenvalue weighted by molar-refractivity contribution is -0.117. The molecule has 0 radical (unpaired) electrons. The monoisotopic (exact) mass is 396 g/mol. The van der Waals surface area contributed by atoms with E-state index in [0.29, 0.717) is 11.4 Å². The Balaban J connectivity index is 1.75. The third-order valence-corrected chi connectivity index (χ3v) is 4.46. The minimum atomic E-state index is -0.973. The third kappa shape index (κ3) is 3.79. The summed E-state index contributed by atoms with van der Waals surface area (Å²) in [5.74, 6) is -2.39. The minimum Gasteiger partial charge on any atom is -0.283 e. The van der Waals surface area contributed by atoms with E-state index in [2.05, 4.69) is 16.0 Å². The zero-order valence-corrected chi connectivity index (χ0v) is 15.9. The predicted molar refractivity (Wildman–Crippen MR) is 104 cm³/mol. The molecule has 3 rings (SSSR count). The van der Waals surface area contributed by atoms with Crippen molar-refractivity contribution in [1.29, 1.82) is 0 Å². The van der Waals surface area contributed by atoms with Crippen LogP contribution in [0.4, 0.5) is 0 Å². The number of nitrogens with zero attached hydrogens (tertiary/aromatic N) is 2. The fraction of sp³-hybridized carbons (Fsp3) is 0.100. The van der Waals surface area contributed by atoms with Crippen molar-refractivity contribution in [2.24, 2.45) is 0 Å². The van der Waals surface area contributed by atoms with Gasteiger partial charge >= 0.3 is 5.91 Å². The van der Waals surface area contributed by atoms with Gasteiger partial charge in [-0.2, -0.15) is 5.10 Å². The van der Waals surface area contributed by atoms with Crippen LogP contribution in [0.15, 0.2) is 54.6 Å². The lowest BCUT2D eigenvalue weighted by Crippen LogP contribution is -2.45. The van der Waals surface area contributed by atoms with Gasteiger partial charge in [0.05, 0.1) is 33.2 Å². The number of Topliss-reactive ketones (excluding diaryl/α,β-unsaturated/α-hetero) is 1. The second-order valence-corrected chi connectivity index (χ2v) is 6.42. The SMILES string of the molecule is Cc1nn(-c2ccccc2)c(C)c1C(=O)C(=O)NNC(=O)c1ccccc1Cl. The van der Waals surface area contributed by atoms with Crippen LogP contribution in [0.1, 0.15) is 32.1 Å². The van der Waals surface area contributed by atoms with Gasteiger partial charge in [-0.05, 0) is 38.1 Å². The lowest BCUT2D eigenvalue weighted by atomic mass is 10.1. The summed E-state index contributed by atoms with van der Waals surface area (Å²) in [5, 5.41) is 4.58. The second kappa shape index (κ2) is 8.06. The van der Waals surface area contributed by atoms with Crippen LogP contribution in [0.2, 0.25) is 5.02 Å². The molecule has 142 valence electrons. The Bertz CT molecular complexity index is 1060. The van der Waals surface area contributed by atoms with E-state index in [1.54, 1.807) is 36.7 Å². The van der Waals surface area contributed by atoms with Gasteiger partial charge in [0.2, 0.25) is 0 Å². The summed E-state index contributed by atoms with van der Waals surface area (Å²) < 4.78 is 1.60. The standard InChI is InChI=1S/C20H17ClN4O3/c1-12-17(13(2)25(24-12)14-8-4-3-5-9-14)18(26)20(28)23-22-19(27)15-10-6-7-11-16(15)21/h3-11H,1-2H3,(H,22,27)(H,23,28). The molecule has 0 unspecified atom stereocenters. The molecule has 0 saturated heterocycles. The highest BCUT2D eigenvalue weighted by atomic mass is 35.5. The number of hydrazine groups is 1. The van der Waals surface area contributed by atoms with Crippen LogP contribution >= 0.6 is 11.6 Å². The molecule has 2 amide bonds. The van der Waals surface area contributed by atoms with E-state index in [9.17, 15) is 14.4 Å². The van der Waals surface area contributed by atoms with E-state index in [0.717, 1.165) is 5.69 Å². The van der Waals surface area contributed by atoms with Crippen molar-refractivity contribution in [3.8, 4) is 5.69 Å². The Morgan fingerprint density at radius 1 is 0.929 bits per heavy atom. The first kappa shape index (κ1) is 19.3. The van der Waals surface area contributed by atoms with E-state index < -0.39 is 17.6 Å². The maximum atomic E-state index is 12.6. The van der Waals surface area contributed by atoms with Crippen molar-refractivity contribution in [3.05, 3.63) is 82.1 Å². The Hall–Kier alpha value is -3.45. The summed E-state index contributed by atoms with van der Waals surface area (Å²) in [6, 6.07) is 15.6. The number of aromatic nitrogens is 2. The Kier molecular flexibility index (Phi) is 5.56. The highest BCUT2D eigenvalue weighted by molar-refractivity contribution is 6.43. The number of rotatable bonds is 4. The topological polar surface area (TPSA) is 93.1 Å². The molecule has 1 aromatic heterocycles. The molecule has 0 spiro atoms. The maximum Gasteiger partial charge on any atom is 0.310 e. The van der Waals surface area contributed by atoms with Crippen LogP contribution in [0.5, 0.6) is 0 Å². The van der Waals surface area contributed by atoms with Gasteiger partial charge < -0.3 is 0 Å². The average molecular weight is 397 g/mol. The van der Waals surface area contributed by atoms with Gasteiger partial charge in [0.1, 0.15) is 0 Å². The van der Waals surface area contributed by atoms with Crippen LogP contribution in [-0.4, -0.2) is 27.4 Å². The number of halogens is 1. The molecule has 0 aliphatic rings. The van der Waals surface area contributed by atoms with Gasteiger partial charge in [-0.25, -0.2) is 4.68 Å². The summed E-state index contributed by atoms with van der Waals surface area (Å²) in [5.41, 5.74) is 6.41. The van der Waals surface area contributed by atoms with Gasteiger partial charge in [-0.15, -0.1) is 0 Å². The number of amides is 2. The molecular weight excluding hydrogens is 380 g/mol. The molecule has 0 aliphatic carbocycles. The zero-order chi connectivity index (χ0) is 20.3. The van der Waals surface area contributed by atoms with Crippen LogP contribution in [-0.2, 0) is 4.79 Å². The average Bonchev–Trinajstić information content (AvgIpc) is 3.00. The fourth-order valence-electron chi connectivity index (χ4n) is 2.79. The van der Waals surface area contributed by atoms with Gasteiger partial charge in [0.15, 0.2) is 0 Å². The molecule has 0 atom stereocenters. The molecule has 7 nitrogen and oxygen atoms in total. The number of hydrogen-bond acceptors (Lipinski definition) is 4. The number of nitrogens with one attached hydrogen (secondary N) is 2. The van der Waals surface area contributed by atoms with Crippen LogP contribution < -0.4 is 10.9 Å². The molecular formula is C20H17ClN4O3. The summed E-state index contributed by atoms with van der Waals surface area (Å²) in [6.07, 6.45) is 0. The zero-order valence-electron chi connectivity index (χ0n) is 15.2. The van der Waals surface area contributed by atoms with Crippen LogP contribution in [0.3, 0.4) is 0 Å². The van der Waals surface area contributed by atoms with Gasteiger partial charge in [-0.1, -0.05) is 41.9 Å². The molecule has 2 N–H and O–H groups in total. The van der Waals surface area contributed by atoms with Gasteiger partial charge in [-0.3, -0.25) is 25.2 Å². The van der Waals surface area contributed by atoms with Crippen LogP contribution in [0, 0.1) is 13.8 Å². The van der Waals surface area contributed by atoms with E-state index in [-0.39, 0.29) is 16.1 Å². The summed E-state index contributed by atoms with van der Waals surface area (Å²) in [7, 11) is 0. The summed E-state index contributed by atoms with van der Waals surface area (Å²) in [4.78, 5) is 37.0. The number of aryl methyl sites for hydroxylation is 1. The highest BCUT2D eigenvalue weighted by Crippen LogP contribution is 2.18. The maximum absolute atomic E-state index is 12.6. The second-order valence-electron chi connectivity index (χ2n) is 6.01. The van der Waals surface area contributed by atoms with Crippen molar-refractivity contribution in [2.75, 3.05) is 0 Å². The summed E-state index contributed by atoms with van der Waals surface area (Å²) >= 11 is 5.94. The number of para-hydroxylation sites is 1. The first-order valence-corrected chi connectivity index (χ1v) is 8.79. The number of carbonyl (C=O) groups is 3. The Morgan fingerprint density at radius 3 is 2.25 bits per heavy atom. The largest absolute Gasteiger partial charge is 0.310 e. The van der Waals surface area contributed by atoms with Crippen molar-refractivity contribution in [1.82, 2.24) is 20.6 Å². The molecule has 0 saturated carbocycles. The summed E-state index contributed by atoms with van der Waals surface area (Å²) in [6.45, 7) is 3.35. The molecule has 2 aromatic carbocycles. The number of benzene rings is 2. The van der Waals surface area contributed by atoms with Crippen molar-refractivity contribution in [2.45, 2.75) is 13.8 Å². The van der Waals surface area contributed by atoms with Crippen molar-refractivity contribution < 1.29 is 14.4 Å². The molecule has 0 aliphatic heterocycles. The first-order valence-electron chi connectivity index (χ1n) is 8.41. The molecule has 0 fully saturated rings. The van der Waals surface area contributed by atoms with E-state index >= 15 is 0 Å². The van der Waals surface area contributed by atoms with Crippen molar-refractivity contribution in [3.63, 3.8) is 0 Å². The molecule has 8 heteroatoms.